The van der Waals surface area contributed by atoms with Gasteiger partial charge in [0.1, 0.15) is 12.8 Å². The summed E-state index contributed by atoms with van der Waals surface area (Å²) in [6, 6.07) is 0. The topological polar surface area (TPSA) is 92.8 Å². The fourth-order valence-electron chi connectivity index (χ4n) is 1.48. The van der Waals surface area contributed by atoms with Gasteiger partial charge >= 0.3 is 5.66 Å². The molecule has 1 aliphatic carbocycles. The van der Waals surface area contributed by atoms with Crippen molar-refractivity contribution in [2.24, 2.45) is 0 Å². The molecular formula is C4H4F4N4O4. The summed E-state index contributed by atoms with van der Waals surface area (Å²) < 4.78 is 48.5. The van der Waals surface area contributed by atoms with E-state index in [1.165, 1.54) is 0 Å². The van der Waals surface area contributed by atoms with E-state index in [1.807, 2.05) is 0 Å². The van der Waals surface area contributed by atoms with Gasteiger partial charge in [-0.1, -0.05) is 17.9 Å². The summed E-state index contributed by atoms with van der Waals surface area (Å²) in [4.78, 5) is 17.7. The second-order valence-electron chi connectivity index (χ2n) is 3.30. The lowest BCUT2D eigenvalue weighted by molar-refractivity contribution is -0.824. The standard InChI is InChI=1S/C4H4F4N4O4/c5-9(6)3(10(7)8)1-4(2-3,11(13)14)12(15)16/h1-2H2. The molecule has 0 aliphatic heterocycles. The Morgan fingerprint density at radius 2 is 1.25 bits per heavy atom. The zero-order chi connectivity index (χ0) is 12.7. The molecule has 0 aromatic heterocycles. The van der Waals surface area contributed by atoms with Crippen LogP contribution >= 0.6 is 0 Å². The van der Waals surface area contributed by atoms with Gasteiger partial charge < -0.3 is 0 Å². The van der Waals surface area contributed by atoms with Crippen LogP contribution in [-0.4, -0.2) is 31.9 Å². The zero-order valence-electron chi connectivity index (χ0n) is 7.35. The summed E-state index contributed by atoms with van der Waals surface area (Å²) >= 11 is 0. The molecule has 92 valence electrons. The minimum Gasteiger partial charge on any atom is -0.258 e. The molecule has 1 fully saturated rings. The molecule has 0 N–H and O–H groups in total. The van der Waals surface area contributed by atoms with Gasteiger partial charge in [-0.2, -0.15) is 0 Å². The molecule has 8 nitrogen and oxygen atoms in total. The maximum atomic E-state index is 12.1. The Morgan fingerprint density at radius 3 is 1.44 bits per heavy atom. The Morgan fingerprint density at radius 1 is 0.938 bits per heavy atom. The lowest BCUT2D eigenvalue weighted by atomic mass is 9.75. The Kier molecular flexibility index (Phi) is 2.72. The van der Waals surface area contributed by atoms with Crippen molar-refractivity contribution in [2.45, 2.75) is 24.2 Å². The highest BCUT2D eigenvalue weighted by molar-refractivity contribution is 5.00. The number of hydrogen-bond acceptors (Lipinski definition) is 6. The Bertz CT molecular complexity index is 304. The van der Waals surface area contributed by atoms with Gasteiger partial charge in [-0.3, -0.25) is 20.2 Å². The molecule has 1 aliphatic rings. The third kappa shape index (κ3) is 1.37. The number of rotatable bonds is 4. The van der Waals surface area contributed by atoms with Crippen LogP contribution in [0.5, 0.6) is 0 Å². The van der Waals surface area contributed by atoms with E-state index in [-0.39, 0.29) is 0 Å². The lowest BCUT2D eigenvalue weighted by Gasteiger charge is -2.42. The van der Waals surface area contributed by atoms with Crippen LogP contribution in [0.4, 0.5) is 17.9 Å². The van der Waals surface area contributed by atoms with Gasteiger partial charge in [0.2, 0.25) is 5.66 Å². The first-order chi connectivity index (χ1) is 7.19. The summed E-state index contributed by atoms with van der Waals surface area (Å²) in [7, 11) is 0. The first-order valence-electron chi connectivity index (χ1n) is 3.72. The maximum absolute atomic E-state index is 12.1. The molecule has 0 atom stereocenters. The van der Waals surface area contributed by atoms with Crippen LogP contribution in [0.15, 0.2) is 0 Å². The van der Waals surface area contributed by atoms with Crippen LogP contribution in [-0.2, 0) is 0 Å². The molecule has 0 saturated heterocycles. The molecule has 1 saturated carbocycles. The second kappa shape index (κ2) is 3.48. The molecule has 16 heavy (non-hydrogen) atoms. The second-order valence-corrected chi connectivity index (χ2v) is 3.30. The molecule has 0 aromatic rings. The van der Waals surface area contributed by atoms with E-state index in [9.17, 15) is 38.2 Å². The highest BCUT2D eigenvalue weighted by Crippen LogP contribution is 2.50. The predicted molar refractivity (Wildman–Crippen MR) is 36.8 cm³/mol. The van der Waals surface area contributed by atoms with Crippen molar-refractivity contribution in [3.8, 4) is 0 Å². The van der Waals surface area contributed by atoms with Gasteiger partial charge in [-0.15, -0.1) is 0 Å². The highest BCUT2D eigenvalue weighted by atomic mass is 19.4. The first-order valence-corrected chi connectivity index (χ1v) is 3.72. The van der Waals surface area contributed by atoms with E-state index in [0.29, 0.717) is 0 Å². The third-order valence-corrected chi connectivity index (χ3v) is 2.44. The van der Waals surface area contributed by atoms with Crippen LogP contribution in [0.25, 0.3) is 0 Å². The van der Waals surface area contributed by atoms with Gasteiger partial charge in [0.05, 0.1) is 9.85 Å². The monoisotopic (exact) mass is 248 g/mol. The van der Waals surface area contributed by atoms with Crippen molar-refractivity contribution in [1.82, 2.24) is 10.7 Å². The molecule has 0 amide bonds. The van der Waals surface area contributed by atoms with E-state index >= 15 is 0 Å². The minimum absolute atomic E-state index is 1.45. The van der Waals surface area contributed by atoms with Crippen LogP contribution in [0.1, 0.15) is 12.8 Å². The first kappa shape index (κ1) is 12.5. The Hall–Kier alpha value is -1.56. The summed E-state index contributed by atoms with van der Waals surface area (Å²) in [6.07, 6.45) is -3.19. The molecular weight excluding hydrogens is 244 g/mol. The Balaban J connectivity index is 2.98. The van der Waals surface area contributed by atoms with Crippen molar-refractivity contribution in [3.63, 3.8) is 0 Å². The average molecular weight is 248 g/mol. The summed E-state index contributed by atoms with van der Waals surface area (Å²) in [5, 5.41) is 16.7. The summed E-state index contributed by atoms with van der Waals surface area (Å²) in [5.74, 6) is 0. The molecule has 0 heterocycles. The lowest BCUT2D eigenvalue weighted by Crippen LogP contribution is -2.72. The summed E-state index contributed by atoms with van der Waals surface area (Å²) in [6.45, 7) is 0. The molecule has 0 spiro atoms. The van der Waals surface area contributed by atoms with Crippen LogP contribution in [0, 0.1) is 20.2 Å². The quantitative estimate of drug-likeness (QED) is 0.241. The van der Waals surface area contributed by atoms with Crippen molar-refractivity contribution in [3.05, 3.63) is 20.2 Å². The molecule has 0 unspecified atom stereocenters. The van der Waals surface area contributed by atoms with E-state index in [0.717, 1.165) is 0 Å². The maximum Gasteiger partial charge on any atom is 0.465 e. The number of nitrogens with zero attached hydrogens (tertiary/aromatic N) is 4. The van der Waals surface area contributed by atoms with Crippen LogP contribution in [0.2, 0.25) is 0 Å². The largest absolute Gasteiger partial charge is 0.465 e. The van der Waals surface area contributed by atoms with Crippen molar-refractivity contribution in [2.75, 3.05) is 0 Å². The molecule has 0 radical (unpaired) electrons. The third-order valence-electron chi connectivity index (χ3n) is 2.44. The van der Waals surface area contributed by atoms with Gasteiger partial charge in [0, 0.05) is 10.7 Å². The number of nitro groups is 2. The van der Waals surface area contributed by atoms with Crippen LogP contribution < -0.4 is 0 Å². The van der Waals surface area contributed by atoms with Gasteiger partial charge in [-0.05, 0) is 0 Å². The SMILES string of the molecule is O=[N+]([O-])C1([N+](=O)[O-])CC(N(F)F)(N(F)F)C1. The molecule has 0 bridgehead atoms. The number of hydrogen-bond donors (Lipinski definition) is 0. The molecule has 0 aromatic carbocycles. The normalized spacial score (nSPS) is 21.9. The highest BCUT2D eigenvalue weighted by Gasteiger charge is 2.80. The predicted octanol–water partition coefficient (Wildman–Crippen LogP) is 0.868. The van der Waals surface area contributed by atoms with Crippen molar-refractivity contribution in [1.29, 1.82) is 0 Å². The van der Waals surface area contributed by atoms with Crippen LogP contribution in [0.3, 0.4) is 0 Å². The van der Waals surface area contributed by atoms with E-state index in [4.69, 9.17) is 0 Å². The van der Waals surface area contributed by atoms with E-state index in [1.54, 1.807) is 0 Å². The zero-order valence-corrected chi connectivity index (χ0v) is 7.35. The van der Waals surface area contributed by atoms with E-state index in [2.05, 4.69) is 0 Å². The van der Waals surface area contributed by atoms with Gasteiger partial charge in [-0.25, -0.2) is 0 Å². The molecule has 12 heteroatoms. The van der Waals surface area contributed by atoms with Gasteiger partial charge in [0.25, 0.3) is 0 Å². The van der Waals surface area contributed by atoms with Gasteiger partial charge in [0.15, 0.2) is 0 Å². The minimum atomic E-state index is -3.26. The Labute approximate surface area is 84.1 Å². The smallest absolute Gasteiger partial charge is 0.258 e. The average Bonchev–Trinajstić information content (AvgIpc) is 1.98. The fraction of sp³-hybridized carbons (Fsp3) is 1.00. The van der Waals surface area contributed by atoms with E-state index < -0.39 is 44.7 Å². The number of halogens is 4. The fourth-order valence-corrected chi connectivity index (χ4v) is 1.48. The summed E-state index contributed by atoms with van der Waals surface area (Å²) in [5.41, 5.74) is -6.24. The molecule has 1 rings (SSSR count). The van der Waals surface area contributed by atoms with Crippen molar-refractivity contribution >= 4 is 0 Å². The van der Waals surface area contributed by atoms with Crippen molar-refractivity contribution < 1.29 is 27.8 Å².